The molecular formula is C11H18N5O14P3. The fourth-order valence-electron chi connectivity index (χ4n) is 2.94. The molecule has 0 aliphatic carbocycles. The number of aromatic amines is 1. The molecular weight excluding hydrogens is 519 g/mol. The van der Waals surface area contributed by atoms with Crippen LogP contribution in [0.5, 0.6) is 0 Å². The smallest absolute Gasteiger partial charge is 0.387 e. The molecule has 2 aromatic rings. The number of hydrogen-bond donors (Lipinski definition) is 7. The largest absolute Gasteiger partial charge is 0.490 e. The number of nitrogens with two attached hydrogens (primary N) is 1. The van der Waals surface area contributed by atoms with Crippen molar-refractivity contribution in [2.24, 2.45) is 0 Å². The Morgan fingerprint density at radius 2 is 1.88 bits per heavy atom. The number of imidazole rings is 1. The number of nitrogens with one attached hydrogen (secondary N) is 1. The van der Waals surface area contributed by atoms with Crippen LogP contribution in [0.4, 0.5) is 5.95 Å². The van der Waals surface area contributed by atoms with Gasteiger partial charge >= 0.3 is 23.5 Å². The summed E-state index contributed by atoms with van der Waals surface area (Å²) in [6.45, 7) is -0.927. The maximum absolute atomic E-state index is 12.0. The number of ether oxygens (including phenoxy) is 2. The summed E-state index contributed by atoms with van der Waals surface area (Å²) < 4.78 is 57.6. The third-order valence-corrected chi connectivity index (χ3v) is 7.93. The number of anilines is 1. The molecule has 1 saturated heterocycles. The molecule has 0 amide bonds. The topological polar surface area (TPSA) is 288 Å². The second-order valence-electron chi connectivity index (χ2n) is 6.42. The van der Waals surface area contributed by atoms with E-state index in [0.29, 0.717) is 0 Å². The third kappa shape index (κ3) is 6.12. The molecule has 33 heavy (non-hydrogen) atoms. The van der Waals surface area contributed by atoms with E-state index in [1.807, 2.05) is 0 Å². The van der Waals surface area contributed by atoms with Gasteiger partial charge in [0.2, 0.25) is 5.95 Å². The number of nitrogen functional groups attached to an aromatic ring is 1. The highest BCUT2D eigenvalue weighted by Gasteiger charge is 2.48. The van der Waals surface area contributed by atoms with Crippen LogP contribution >= 0.6 is 23.5 Å². The van der Waals surface area contributed by atoms with Gasteiger partial charge in [-0.05, 0) is 0 Å². The molecule has 3 unspecified atom stereocenters. The van der Waals surface area contributed by atoms with E-state index >= 15 is 0 Å². The second kappa shape index (κ2) is 9.24. The Morgan fingerprint density at radius 1 is 1.21 bits per heavy atom. The summed E-state index contributed by atoms with van der Waals surface area (Å²) in [6.07, 6.45) is -4.08. The van der Waals surface area contributed by atoms with Gasteiger partial charge in [0.15, 0.2) is 17.4 Å². The Morgan fingerprint density at radius 3 is 2.48 bits per heavy atom. The van der Waals surface area contributed by atoms with Crippen LogP contribution in [0.2, 0.25) is 0 Å². The first-order chi connectivity index (χ1) is 15.1. The monoisotopic (exact) mass is 537 g/mol. The first kappa shape index (κ1) is 26.1. The minimum atomic E-state index is -5.71. The van der Waals surface area contributed by atoms with Crippen LogP contribution in [0.1, 0.15) is 6.23 Å². The summed E-state index contributed by atoms with van der Waals surface area (Å²) >= 11 is 0. The van der Waals surface area contributed by atoms with Crippen LogP contribution in [-0.2, 0) is 36.3 Å². The van der Waals surface area contributed by atoms with Crippen molar-refractivity contribution >= 4 is 40.6 Å². The van der Waals surface area contributed by atoms with Crippen molar-refractivity contribution in [2.45, 2.75) is 24.5 Å². The number of aliphatic hydroxyl groups excluding tert-OH is 1. The normalized spacial score (nSPS) is 27.5. The highest BCUT2D eigenvalue weighted by molar-refractivity contribution is 7.66. The molecule has 19 nitrogen and oxygen atoms in total. The summed E-state index contributed by atoms with van der Waals surface area (Å²) in [6, 6.07) is 0. The van der Waals surface area contributed by atoms with Crippen molar-refractivity contribution in [3.63, 3.8) is 0 Å². The number of phosphoric ester groups is 1. The molecule has 0 bridgehead atoms. The zero-order chi connectivity index (χ0) is 24.8. The van der Waals surface area contributed by atoms with Gasteiger partial charge in [0.05, 0.1) is 12.9 Å². The van der Waals surface area contributed by atoms with Gasteiger partial charge in [0, 0.05) is 7.11 Å². The molecule has 6 atom stereocenters. The SMILES string of the molecule is CO[C@H]1C(O)[C@@H](COP(=O)(O)OP(=O)(O)OP(=O)(O)O)O[C@H]1n1cnc2c(=O)[nH]c(N)nc21. The fourth-order valence-corrected chi connectivity index (χ4v) is 5.96. The van der Waals surface area contributed by atoms with Gasteiger partial charge in [0.25, 0.3) is 5.56 Å². The summed E-state index contributed by atoms with van der Waals surface area (Å²) in [5.41, 5.74) is 4.76. The fraction of sp³-hybridized carbons (Fsp3) is 0.545. The summed E-state index contributed by atoms with van der Waals surface area (Å²) in [4.78, 5) is 57.8. The Balaban J connectivity index is 1.76. The standard InChI is InChI=1S/C11H18N5O14P3/c1-26-7-6(17)4(2-27-32(22,23)30-33(24,25)29-31(19,20)21)28-10(7)16-3-13-5-8(16)14-11(12)15-9(5)18/h3-4,6-7,10,17H,2H2,1H3,(H,22,23)(H,24,25)(H2,19,20,21)(H3,12,14,15,18)/t4-,6?,7+,10-/m1/s1. The predicted molar refractivity (Wildman–Crippen MR) is 103 cm³/mol. The molecule has 0 saturated carbocycles. The predicted octanol–water partition coefficient (Wildman–Crippen LogP) is -1.68. The molecule has 0 radical (unpaired) electrons. The Kier molecular flexibility index (Phi) is 7.29. The summed E-state index contributed by atoms with van der Waals surface area (Å²) in [5.74, 6) is -0.231. The first-order valence-corrected chi connectivity index (χ1v) is 13.0. The number of hydrogen-bond acceptors (Lipinski definition) is 13. The molecule has 22 heteroatoms. The zero-order valence-electron chi connectivity index (χ0n) is 16.3. The number of nitrogens with zero attached hydrogens (tertiary/aromatic N) is 3. The molecule has 8 N–H and O–H groups in total. The average molecular weight is 537 g/mol. The van der Waals surface area contributed by atoms with E-state index in [9.17, 15) is 33.4 Å². The quantitative estimate of drug-likeness (QED) is 0.176. The number of aromatic nitrogens is 4. The molecule has 2 aromatic heterocycles. The maximum atomic E-state index is 12.0. The Hall–Kier alpha value is -1.56. The molecule has 3 heterocycles. The Labute approximate surface area is 182 Å². The van der Waals surface area contributed by atoms with Gasteiger partial charge in [-0.15, -0.1) is 0 Å². The van der Waals surface area contributed by atoms with E-state index < -0.39 is 60.2 Å². The van der Waals surface area contributed by atoms with Crippen molar-refractivity contribution < 1.29 is 61.0 Å². The van der Waals surface area contributed by atoms with Gasteiger partial charge < -0.3 is 39.9 Å². The van der Waals surface area contributed by atoms with E-state index in [-0.39, 0.29) is 17.1 Å². The average Bonchev–Trinajstić information content (AvgIpc) is 3.17. The zero-order valence-corrected chi connectivity index (χ0v) is 18.9. The minimum Gasteiger partial charge on any atom is -0.387 e. The van der Waals surface area contributed by atoms with E-state index in [1.165, 1.54) is 11.7 Å². The molecule has 1 aliphatic rings. The van der Waals surface area contributed by atoms with Gasteiger partial charge in [-0.25, -0.2) is 18.7 Å². The lowest BCUT2D eigenvalue weighted by molar-refractivity contribution is -0.0577. The molecule has 1 aliphatic heterocycles. The van der Waals surface area contributed by atoms with E-state index in [2.05, 4.69) is 28.1 Å². The number of methoxy groups -OCH3 is 1. The lowest BCUT2D eigenvalue weighted by Gasteiger charge is -2.19. The highest BCUT2D eigenvalue weighted by Crippen LogP contribution is 2.66. The number of aliphatic hydroxyl groups is 1. The second-order valence-corrected chi connectivity index (χ2v) is 10.8. The highest BCUT2D eigenvalue weighted by atomic mass is 31.3. The number of fused-ring (bicyclic) bond motifs is 1. The molecule has 1 fully saturated rings. The summed E-state index contributed by atoms with van der Waals surface area (Å²) in [7, 11) is -15.5. The maximum Gasteiger partial charge on any atom is 0.490 e. The Bertz CT molecular complexity index is 1230. The van der Waals surface area contributed by atoms with Crippen molar-refractivity contribution in [1.29, 1.82) is 0 Å². The van der Waals surface area contributed by atoms with Crippen LogP contribution in [0.3, 0.4) is 0 Å². The van der Waals surface area contributed by atoms with Crippen LogP contribution in [-0.4, -0.2) is 76.2 Å². The van der Waals surface area contributed by atoms with E-state index in [0.717, 1.165) is 6.33 Å². The van der Waals surface area contributed by atoms with Gasteiger partial charge in [0.1, 0.15) is 18.3 Å². The van der Waals surface area contributed by atoms with Crippen molar-refractivity contribution in [3.8, 4) is 0 Å². The van der Waals surface area contributed by atoms with Gasteiger partial charge in [-0.3, -0.25) is 18.9 Å². The third-order valence-electron chi connectivity index (χ3n) is 4.13. The van der Waals surface area contributed by atoms with Gasteiger partial charge in [-0.2, -0.15) is 13.6 Å². The number of rotatable bonds is 9. The lowest BCUT2D eigenvalue weighted by Crippen LogP contribution is -2.35. The van der Waals surface area contributed by atoms with Crippen LogP contribution in [0.15, 0.2) is 11.1 Å². The van der Waals surface area contributed by atoms with Crippen LogP contribution < -0.4 is 11.3 Å². The molecule has 0 aromatic carbocycles. The first-order valence-electron chi connectivity index (χ1n) is 8.49. The molecule has 0 spiro atoms. The van der Waals surface area contributed by atoms with Gasteiger partial charge in [-0.1, -0.05) is 0 Å². The molecule has 186 valence electrons. The molecule has 3 rings (SSSR count). The van der Waals surface area contributed by atoms with E-state index in [1.54, 1.807) is 0 Å². The lowest BCUT2D eigenvalue weighted by atomic mass is 10.1. The minimum absolute atomic E-state index is 0.0240. The van der Waals surface area contributed by atoms with Crippen molar-refractivity contribution in [3.05, 3.63) is 16.7 Å². The number of phosphoric acid groups is 3. The van der Waals surface area contributed by atoms with Crippen molar-refractivity contribution in [1.82, 2.24) is 19.5 Å². The van der Waals surface area contributed by atoms with Crippen LogP contribution in [0, 0.1) is 0 Å². The number of H-pyrrole nitrogens is 1. The van der Waals surface area contributed by atoms with E-state index in [4.69, 9.17) is 25.0 Å². The van der Waals surface area contributed by atoms with Crippen molar-refractivity contribution in [2.75, 3.05) is 19.5 Å². The summed E-state index contributed by atoms with van der Waals surface area (Å²) in [5, 5.41) is 10.5. The van der Waals surface area contributed by atoms with Crippen LogP contribution in [0.25, 0.3) is 11.2 Å².